The second-order valence-corrected chi connectivity index (χ2v) is 6.63. The van der Waals surface area contributed by atoms with Crippen LogP contribution in [-0.4, -0.2) is 40.2 Å². The van der Waals surface area contributed by atoms with Crippen molar-refractivity contribution in [1.29, 1.82) is 0 Å². The van der Waals surface area contributed by atoms with E-state index in [9.17, 15) is 0 Å². The molecule has 1 aromatic heterocycles. The van der Waals surface area contributed by atoms with Gasteiger partial charge in [0.25, 0.3) is 0 Å². The molecule has 1 aromatic carbocycles. The zero-order valence-corrected chi connectivity index (χ0v) is 13.1. The Morgan fingerprint density at radius 3 is 3.14 bits per heavy atom. The maximum absolute atomic E-state index is 6.02. The summed E-state index contributed by atoms with van der Waals surface area (Å²) >= 11 is 6.02. The molecule has 6 heteroatoms. The summed E-state index contributed by atoms with van der Waals surface area (Å²) in [5.41, 5.74) is 1.19. The van der Waals surface area contributed by atoms with Crippen LogP contribution in [0.25, 0.3) is 11.4 Å². The smallest absolute Gasteiger partial charge is 0.241 e. The Kier molecular flexibility index (Phi) is 3.64. The second-order valence-electron chi connectivity index (χ2n) is 6.20. The van der Waals surface area contributed by atoms with Gasteiger partial charge >= 0.3 is 0 Å². The average molecular weight is 319 g/mol. The Morgan fingerprint density at radius 2 is 2.32 bits per heavy atom. The molecule has 3 heterocycles. The summed E-state index contributed by atoms with van der Waals surface area (Å²) in [6, 6.07) is 7.54. The minimum absolute atomic E-state index is 0.296. The van der Waals surface area contributed by atoms with Crippen LogP contribution in [-0.2, 0) is 6.54 Å². The van der Waals surface area contributed by atoms with Gasteiger partial charge in [0.05, 0.1) is 6.54 Å². The number of likely N-dealkylation sites (tertiary alicyclic amines) is 1. The summed E-state index contributed by atoms with van der Waals surface area (Å²) in [6.07, 6.45) is 3.72. The largest absolute Gasteiger partial charge is 0.338 e. The molecule has 0 saturated carbocycles. The number of halogens is 1. The summed E-state index contributed by atoms with van der Waals surface area (Å²) in [7, 11) is 0. The zero-order chi connectivity index (χ0) is 15.0. The number of benzene rings is 1. The molecule has 1 N–H and O–H groups in total. The van der Waals surface area contributed by atoms with Crippen LogP contribution >= 0.6 is 11.6 Å². The van der Waals surface area contributed by atoms with Crippen molar-refractivity contribution in [2.24, 2.45) is 0 Å². The van der Waals surface area contributed by atoms with Gasteiger partial charge < -0.3 is 9.84 Å². The highest BCUT2D eigenvalue weighted by molar-refractivity contribution is 6.30. The molecular formula is C16H19ClN4O. The molecule has 2 aromatic rings. The van der Waals surface area contributed by atoms with Crippen molar-refractivity contribution in [2.75, 3.05) is 19.6 Å². The molecule has 5 nitrogen and oxygen atoms in total. The van der Waals surface area contributed by atoms with E-state index in [1.807, 2.05) is 24.3 Å². The maximum Gasteiger partial charge on any atom is 0.241 e. The highest BCUT2D eigenvalue weighted by atomic mass is 35.5. The first-order valence-electron chi connectivity index (χ1n) is 7.80. The lowest BCUT2D eigenvalue weighted by molar-refractivity contribution is 0.130. The van der Waals surface area contributed by atoms with Gasteiger partial charge in [0.1, 0.15) is 0 Å². The van der Waals surface area contributed by atoms with E-state index in [2.05, 4.69) is 20.4 Å². The lowest BCUT2D eigenvalue weighted by Crippen LogP contribution is -2.45. The van der Waals surface area contributed by atoms with Crippen LogP contribution in [0.3, 0.4) is 0 Å². The molecule has 0 amide bonds. The fourth-order valence-electron chi connectivity index (χ4n) is 3.68. The molecule has 4 rings (SSSR count). The first-order valence-corrected chi connectivity index (χ1v) is 8.17. The fraction of sp³-hybridized carbons (Fsp3) is 0.500. The van der Waals surface area contributed by atoms with Crippen molar-refractivity contribution in [3.63, 3.8) is 0 Å². The molecular weight excluding hydrogens is 300 g/mol. The summed E-state index contributed by atoms with van der Waals surface area (Å²) in [5, 5.41) is 8.26. The van der Waals surface area contributed by atoms with Crippen molar-refractivity contribution >= 4 is 11.6 Å². The van der Waals surface area contributed by atoms with E-state index in [1.54, 1.807) is 0 Å². The van der Waals surface area contributed by atoms with E-state index in [4.69, 9.17) is 16.1 Å². The van der Waals surface area contributed by atoms with Crippen LogP contribution in [0.4, 0.5) is 0 Å². The summed E-state index contributed by atoms with van der Waals surface area (Å²) in [6.45, 7) is 4.02. The topological polar surface area (TPSA) is 54.2 Å². The standard InChI is InChI=1S/C16H19ClN4O/c17-13-4-1-3-12(9-13)15-19-14(22-20-15)10-21-8-2-5-16(21)6-7-18-11-16/h1,3-4,9,18H,2,5-8,10-11H2. The molecule has 116 valence electrons. The first kappa shape index (κ1) is 14.2. The Morgan fingerprint density at radius 1 is 1.36 bits per heavy atom. The van der Waals surface area contributed by atoms with Gasteiger partial charge in [-0.3, -0.25) is 4.90 Å². The fourth-order valence-corrected chi connectivity index (χ4v) is 3.87. The van der Waals surface area contributed by atoms with Gasteiger partial charge in [0, 0.05) is 22.7 Å². The van der Waals surface area contributed by atoms with Gasteiger partial charge in [0.15, 0.2) is 0 Å². The van der Waals surface area contributed by atoms with Crippen molar-refractivity contribution in [3.05, 3.63) is 35.2 Å². The highest BCUT2D eigenvalue weighted by Crippen LogP contribution is 2.35. The zero-order valence-electron chi connectivity index (χ0n) is 12.4. The number of hydrogen-bond acceptors (Lipinski definition) is 5. The number of nitrogens with zero attached hydrogens (tertiary/aromatic N) is 3. The van der Waals surface area contributed by atoms with Gasteiger partial charge in [-0.2, -0.15) is 4.98 Å². The number of hydrogen-bond donors (Lipinski definition) is 1. The Balaban J connectivity index is 1.52. The first-order chi connectivity index (χ1) is 10.8. The molecule has 0 aliphatic carbocycles. The van der Waals surface area contributed by atoms with E-state index < -0.39 is 0 Å². The SMILES string of the molecule is Clc1cccc(-c2noc(CN3CCCC34CCNC4)n2)c1. The summed E-state index contributed by atoms with van der Waals surface area (Å²) in [5.74, 6) is 1.29. The van der Waals surface area contributed by atoms with Crippen molar-refractivity contribution < 1.29 is 4.52 Å². The number of aromatic nitrogens is 2. The van der Waals surface area contributed by atoms with E-state index in [1.165, 1.54) is 19.3 Å². The van der Waals surface area contributed by atoms with Gasteiger partial charge in [-0.05, 0) is 44.5 Å². The average Bonchev–Trinajstić information content (AvgIpc) is 3.24. The Hall–Kier alpha value is -1.43. The van der Waals surface area contributed by atoms with Crippen LogP contribution in [0.15, 0.2) is 28.8 Å². The molecule has 0 bridgehead atoms. The van der Waals surface area contributed by atoms with Gasteiger partial charge in [-0.25, -0.2) is 0 Å². The molecule has 1 unspecified atom stereocenters. The quantitative estimate of drug-likeness (QED) is 0.943. The normalized spacial score (nSPS) is 25.3. The van der Waals surface area contributed by atoms with Crippen LogP contribution < -0.4 is 5.32 Å². The highest BCUT2D eigenvalue weighted by Gasteiger charge is 2.43. The monoisotopic (exact) mass is 318 g/mol. The Labute approximate surface area is 134 Å². The minimum atomic E-state index is 0.296. The second kappa shape index (κ2) is 5.65. The Bertz CT molecular complexity index is 660. The van der Waals surface area contributed by atoms with E-state index in [-0.39, 0.29) is 0 Å². The van der Waals surface area contributed by atoms with Crippen LogP contribution in [0.5, 0.6) is 0 Å². The summed E-state index contributed by atoms with van der Waals surface area (Å²) in [4.78, 5) is 7.04. The van der Waals surface area contributed by atoms with Gasteiger partial charge in [-0.1, -0.05) is 28.9 Å². The van der Waals surface area contributed by atoms with E-state index in [0.29, 0.717) is 22.3 Å². The van der Waals surface area contributed by atoms with E-state index in [0.717, 1.165) is 31.7 Å². The van der Waals surface area contributed by atoms with Gasteiger partial charge in [-0.15, -0.1) is 0 Å². The predicted octanol–water partition coefficient (Wildman–Crippen LogP) is 2.72. The molecule has 1 atom stereocenters. The molecule has 2 saturated heterocycles. The molecule has 2 aliphatic rings. The molecule has 0 radical (unpaired) electrons. The van der Waals surface area contributed by atoms with Crippen LogP contribution in [0.1, 0.15) is 25.2 Å². The molecule has 2 fully saturated rings. The maximum atomic E-state index is 6.02. The number of nitrogens with one attached hydrogen (secondary N) is 1. The van der Waals surface area contributed by atoms with Gasteiger partial charge in [0.2, 0.25) is 11.7 Å². The predicted molar refractivity (Wildman–Crippen MR) is 84.6 cm³/mol. The van der Waals surface area contributed by atoms with Crippen molar-refractivity contribution in [2.45, 2.75) is 31.3 Å². The van der Waals surface area contributed by atoms with Crippen molar-refractivity contribution in [1.82, 2.24) is 20.4 Å². The molecule has 1 spiro atoms. The lowest BCUT2D eigenvalue weighted by atomic mass is 9.95. The molecule has 2 aliphatic heterocycles. The molecule has 22 heavy (non-hydrogen) atoms. The third-order valence-electron chi connectivity index (χ3n) is 4.84. The lowest BCUT2D eigenvalue weighted by Gasteiger charge is -2.33. The third kappa shape index (κ3) is 2.53. The third-order valence-corrected chi connectivity index (χ3v) is 5.07. The number of rotatable bonds is 3. The van der Waals surface area contributed by atoms with Crippen LogP contribution in [0.2, 0.25) is 5.02 Å². The minimum Gasteiger partial charge on any atom is -0.338 e. The van der Waals surface area contributed by atoms with Crippen LogP contribution in [0, 0.1) is 0 Å². The summed E-state index contributed by atoms with van der Waals surface area (Å²) < 4.78 is 5.46. The van der Waals surface area contributed by atoms with E-state index >= 15 is 0 Å². The van der Waals surface area contributed by atoms with Crippen molar-refractivity contribution in [3.8, 4) is 11.4 Å².